The third kappa shape index (κ3) is 4.33. The third-order valence-electron chi connectivity index (χ3n) is 6.57. The van der Waals surface area contributed by atoms with Crippen molar-refractivity contribution in [2.24, 2.45) is 0 Å². The van der Waals surface area contributed by atoms with Crippen LogP contribution in [-0.4, -0.2) is 33.7 Å². The lowest BCUT2D eigenvalue weighted by Gasteiger charge is -2.31. The first kappa shape index (κ1) is 23.6. The van der Waals surface area contributed by atoms with Crippen LogP contribution in [0.4, 0.5) is 0 Å². The highest BCUT2D eigenvalue weighted by Gasteiger charge is 2.28. The van der Waals surface area contributed by atoms with Crippen molar-refractivity contribution in [2.75, 3.05) is 13.3 Å². The summed E-state index contributed by atoms with van der Waals surface area (Å²) in [4.78, 5) is 34.3. The van der Waals surface area contributed by atoms with Crippen LogP contribution in [0.25, 0.3) is 16.6 Å². The molecule has 0 radical (unpaired) electrons. The first-order chi connectivity index (χ1) is 17.5. The molecule has 7 nitrogen and oxygen atoms in total. The topological polar surface area (TPSA) is 73.7 Å². The van der Waals surface area contributed by atoms with Crippen molar-refractivity contribution in [2.45, 2.75) is 39.7 Å². The summed E-state index contributed by atoms with van der Waals surface area (Å²) in [6.07, 6.45) is 1.75. The van der Waals surface area contributed by atoms with Crippen molar-refractivity contribution in [1.29, 1.82) is 0 Å². The molecule has 0 N–H and O–H groups in total. The predicted molar refractivity (Wildman–Crippen MR) is 139 cm³/mol. The summed E-state index contributed by atoms with van der Waals surface area (Å²) in [6.45, 7) is 6.70. The molecule has 0 aliphatic carbocycles. The molecule has 36 heavy (non-hydrogen) atoms. The molecule has 1 atom stereocenters. The number of aryl methyl sites for hydroxylation is 1. The second-order valence-corrected chi connectivity index (χ2v) is 9.06. The van der Waals surface area contributed by atoms with Crippen molar-refractivity contribution in [3.8, 4) is 17.2 Å². The van der Waals surface area contributed by atoms with Crippen molar-refractivity contribution in [3.05, 3.63) is 94.0 Å². The number of fused-ring (bicyclic) bond motifs is 2. The van der Waals surface area contributed by atoms with E-state index >= 15 is 0 Å². The largest absolute Gasteiger partial charge is 0.454 e. The lowest BCUT2D eigenvalue weighted by molar-refractivity contribution is 0.0677. The highest BCUT2D eigenvalue weighted by Crippen LogP contribution is 2.34. The number of aromatic nitrogens is 2. The Hall–Kier alpha value is -4.13. The summed E-state index contributed by atoms with van der Waals surface area (Å²) in [5.41, 5.74) is 2.78. The average Bonchev–Trinajstić information content (AvgIpc) is 3.37. The minimum atomic E-state index is -0.465. The molecule has 2 heterocycles. The monoisotopic (exact) mass is 483 g/mol. The molecule has 1 aliphatic heterocycles. The van der Waals surface area contributed by atoms with Gasteiger partial charge in [0.1, 0.15) is 5.82 Å². The summed E-state index contributed by atoms with van der Waals surface area (Å²) in [6, 6.07) is 19.9. The van der Waals surface area contributed by atoms with E-state index in [1.807, 2.05) is 56.3 Å². The normalized spacial score (nSPS) is 13.1. The maximum Gasteiger partial charge on any atom is 0.266 e. The van der Waals surface area contributed by atoms with Crippen LogP contribution in [0.2, 0.25) is 0 Å². The smallest absolute Gasteiger partial charge is 0.266 e. The van der Waals surface area contributed by atoms with Gasteiger partial charge < -0.3 is 14.4 Å². The summed E-state index contributed by atoms with van der Waals surface area (Å²) >= 11 is 0. The van der Waals surface area contributed by atoms with Gasteiger partial charge in [0, 0.05) is 12.1 Å². The second-order valence-electron chi connectivity index (χ2n) is 9.06. The number of carbonyl (C=O) groups excluding carboxylic acids is 1. The fourth-order valence-electron chi connectivity index (χ4n) is 4.51. The summed E-state index contributed by atoms with van der Waals surface area (Å²) in [7, 11) is 0. The third-order valence-corrected chi connectivity index (χ3v) is 6.57. The zero-order valence-corrected chi connectivity index (χ0v) is 20.7. The van der Waals surface area contributed by atoms with Gasteiger partial charge in [-0.1, -0.05) is 43.2 Å². The van der Waals surface area contributed by atoms with Gasteiger partial charge >= 0.3 is 0 Å². The number of rotatable bonds is 7. The summed E-state index contributed by atoms with van der Waals surface area (Å²) < 4.78 is 12.5. The number of amides is 1. The summed E-state index contributed by atoms with van der Waals surface area (Å²) in [5.74, 6) is 1.56. The highest BCUT2D eigenvalue weighted by atomic mass is 16.7. The zero-order chi connectivity index (χ0) is 25.2. The average molecular weight is 484 g/mol. The Morgan fingerprint density at radius 2 is 1.81 bits per heavy atom. The lowest BCUT2D eigenvalue weighted by Crippen LogP contribution is -2.38. The predicted octanol–water partition coefficient (Wildman–Crippen LogP) is 5.43. The Labute approximate surface area is 209 Å². The number of ether oxygens (including phenoxy) is 2. The Bertz CT molecular complexity index is 1480. The Morgan fingerprint density at radius 1 is 1.06 bits per heavy atom. The molecule has 7 heteroatoms. The van der Waals surface area contributed by atoms with Crippen LogP contribution in [-0.2, 0) is 0 Å². The van der Waals surface area contributed by atoms with E-state index in [-0.39, 0.29) is 18.3 Å². The molecule has 3 aromatic carbocycles. The number of carbonyl (C=O) groups is 1. The van der Waals surface area contributed by atoms with Gasteiger partial charge in [-0.2, -0.15) is 0 Å². The van der Waals surface area contributed by atoms with E-state index in [0.29, 0.717) is 40.3 Å². The number of benzene rings is 3. The van der Waals surface area contributed by atoms with E-state index in [1.54, 1.807) is 33.7 Å². The van der Waals surface area contributed by atoms with E-state index in [2.05, 4.69) is 6.92 Å². The zero-order valence-electron chi connectivity index (χ0n) is 20.7. The molecule has 0 spiro atoms. The van der Waals surface area contributed by atoms with E-state index in [1.165, 1.54) is 0 Å². The molecular weight excluding hydrogens is 454 g/mol. The van der Waals surface area contributed by atoms with Crippen molar-refractivity contribution in [3.63, 3.8) is 0 Å². The van der Waals surface area contributed by atoms with Gasteiger partial charge in [-0.25, -0.2) is 4.98 Å². The van der Waals surface area contributed by atoms with E-state index in [0.717, 1.165) is 24.1 Å². The molecule has 5 rings (SSSR count). The maximum absolute atomic E-state index is 13.8. The fourth-order valence-corrected chi connectivity index (χ4v) is 4.51. The number of hydrogen-bond acceptors (Lipinski definition) is 5. The standard InChI is InChI=1S/C29H29N3O4/c1-4-5-16-31(28(33)21-12-15-25-26(17-21)36-18-35-25)20(3)27-30-24-9-7-6-8-23(24)29(34)32(27)22-13-10-19(2)11-14-22/h6-15,17,20H,4-5,16,18H2,1-3H3. The second kappa shape index (κ2) is 9.85. The quantitative estimate of drug-likeness (QED) is 0.351. The minimum Gasteiger partial charge on any atom is -0.454 e. The number of hydrogen-bond donors (Lipinski definition) is 0. The van der Waals surface area contributed by atoms with Gasteiger partial charge in [-0.15, -0.1) is 0 Å². The van der Waals surface area contributed by atoms with Crippen LogP contribution in [0.1, 0.15) is 54.5 Å². The van der Waals surface area contributed by atoms with Crippen molar-refractivity contribution in [1.82, 2.24) is 14.5 Å². The van der Waals surface area contributed by atoms with Gasteiger partial charge in [0.05, 0.1) is 22.6 Å². The highest BCUT2D eigenvalue weighted by molar-refractivity contribution is 5.95. The number of nitrogens with zero attached hydrogens (tertiary/aromatic N) is 3. The SMILES string of the molecule is CCCCN(C(=O)c1ccc2c(c1)OCO2)C(C)c1nc2ccccc2c(=O)n1-c1ccc(C)cc1. The lowest BCUT2D eigenvalue weighted by atomic mass is 10.1. The van der Waals surface area contributed by atoms with Crippen LogP contribution >= 0.6 is 0 Å². The number of para-hydroxylation sites is 1. The molecule has 0 bridgehead atoms. The molecule has 0 fully saturated rings. The Morgan fingerprint density at radius 3 is 2.58 bits per heavy atom. The van der Waals surface area contributed by atoms with Crippen molar-refractivity contribution < 1.29 is 14.3 Å². The molecule has 1 unspecified atom stereocenters. The van der Waals surface area contributed by atoms with E-state index in [9.17, 15) is 9.59 Å². The van der Waals surface area contributed by atoms with Gasteiger partial charge in [0.2, 0.25) is 6.79 Å². The molecule has 0 saturated heterocycles. The van der Waals surface area contributed by atoms with Gasteiger partial charge in [-0.3, -0.25) is 14.2 Å². The minimum absolute atomic E-state index is 0.146. The van der Waals surface area contributed by atoms with Gasteiger partial charge in [-0.05, 0) is 62.7 Å². The van der Waals surface area contributed by atoms with E-state index < -0.39 is 6.04 Å². The van der Waals surface area contributed by atoms with Crippen LogP contribution in [0, 0.1) is 6.92 Å². The van der Waals surface area contributed by atoms with Crippen molar-refractivity contribution >= 4 is 16.8 Å². The number of unbranched alkanes of at least 4 members (excludes halogenated alkanes) is 1. The molecular formula is C29H29N3O4. The van der Waals surface area contributed by atoms with Gasteiger partial charge in [0.25, 0.3) is 11.5 Å². The molecule has 1 aliphatic rings. The molecule has 4 aromatic rings. The summed E-state index contributed by atoms with van der Waals surface area (Å²) in [5, 5.41) is 0.538. The molecule has 1 amide bonds. The molecule has 0 saturated carbocycles. The Kier molecular flexibility index (Phi) is 6.46. The van der Waals surface area contributed by atoms with Crippen LogP contribution < -0.4 is 15.0 Å². The molecule has 1 aromatic heterocycles. The fraction of sp³-hybridized carbons (Fsp3) is 0.276. The van der Waals surface area contributed by atoms with Crippen LogP contribution in [0.3, 0.4) is 0 Å². The van der Waals surface area contributed by atoms with Crippen LogP contribution in [0.15, 0.2) is 71.5 Å². The molecule has 184 valence electrons. The first-order valence-electron chi connectivity index (χ1n) is 12.3. The Balaban J connectivity index is 1.64. The van der Waals surface area contributed by atoms with E-state index in [4.69, 9.17) is 14.5 Å². The maximum atomic E-state index is 13.8. The van der Waals surface area contributed by atoms with Gasteiger partial charge in [0.15, 0.2) is 11.5 Å². The first-order valence-corrected chi connectivity index (χ1v) is 12.3. The van der Waals surface area contributed by atoms with Crippen LogP contribution in [0.5, 0.6) is 11.5 Å².